The summed E-state index contributed by atoms with van der Waals surface area (Å²) in [7, 11) is 0. The van der Waals surface area contributed by atoms with Crippen LogP contribution in [0.4, 0.5) is 10.5 Å². The second kappa shape index (κ2) is 5.94. The first-order valence-electron chi connectivity index (χ1n) is 6.89. The third kappa shape index (κ3) is 3.98. The lowest BCUT2D eigenvalue weighted by molar-refractivity contribution is -0.136. The second-order valence-electron chi connectivity index (χ2n) is 5.43. The molecule has 2 amide bonds. The van der Waals surface area contributed by atoms with E-state index in [2.05, 4.69) is 17.6 Å². The van der Waals surface area contributed by atoms with Crippen molar-refractivity contribution in [2.75, 3.05) is 11.9 Å². The molecule has 108 valence electrons. The molecule has 1 fully saturated rings. The number of urea groups is 1. The Morgan fingerprint density at radius 3 is 2.40 bits per heavy atom. The number of aliphatic carboxylic acids is 1. The summed E-state index contributed by atoms with van der Waals surface area (Å²) in [5.74, 6) is -0.863. The van der Waals surface area contributed by atoms with E-state index in [0.29, 0.717) is 23.2 Å². The zero-order valence-electron chi connectivity index (χ0n) is 11.6. The molecular formula is C15H20N2O3. The number of carboxylic acid groups (broad SMARTS) is 1. The predicted octanol–water partition coefficient (Wildman–Crippen LogP) is 2.63. The summed E-state index contributed by atoms with van der Waals surface area (Å²) in [6.07, 6.45) is 3.46. The van der Waals surface area contributed by atoms with Gasteiger partial charge in [0.2, 0.25) is 0 Å². The van der Waals surface area contributed by atoms with Gasteiger partial charge in [-0.25, -0.2) is 4.79 Å². The van der Waals surface area contributed by atoms with Crippen LogP contribution in [0.1, 0.15) is 31.7 Å². The summed E-state index contributed by atoms with van der Waals surface area (Å²) in [4.78, 5) is 22.3. The third-order valence-corrected chi connectivity index (χ3v) is 3.90. The number of carbonyl (C=O) groups excluding carboxylic acids is 1. The smallest absolute Gasteiger partial charge is 0.319 e. The van der Waals surface area contributed by atoms with E-state index in [9.17, 15) is 9.59 Å². The maximum atomic E-state index is 11.7. The minimum Gasteiger partial charge on any atom is -0.481 e. The van der Waals surface area contributed by atoms with Crippen LogP contribution >= 0.6 is 0 Å². The van der Waals surface area contributed by atoms with Crippen molar-refractivity contribution in [1.29, 1.82) is 0 Å². The maximum Gasteiger partial charge on any atom is 0.319 e. The molecule has 1 aliphatic carbocycles. The van der Waals surface area contributed by atoms with E-state index >= 15 is 0 Å². The number of hydrogen-bond donors (Lipinski definition) is 3. The summed E-state index contributed by atoms with van der Waals surface area (Å²) >= 11 is 0. The molecule has 20 heavy (non-hydrogen) atoms. The van der Waals surface area contributed by atoms with E-state index in [1.165, 1.54) is 12.8 Å². The Morgan fingerprint density at radius 2 is 1.90 bits per heavy atom. The number of hydrogen-bond acceptors (Lipinski definition) is 2. The lowest BCUT2D eigenvalue weighted by Crippen LogP contribution is -2.33. The summed E-state index contributed by atoms with van der Waals surface area (Å²) in [6, 6.07) is 6.63. The van der Waals surface area contributed by atoms with Gasteiger partial charge in [-0.1, -0.05) is 19.1 Å². The highest BCUT2D eigenvalue weighted by atomic mass is 16.4. The van der Waals surface area contributed by atoms with Crippen molar-refractivity contribution in [3.05, 3.63) is 29.8 Å². The monoisotopic (exact) mass is 276 g/mol. The van der Waals surface area contributed by atoms with Gasteiger partial charge in [0.1, 0.15) is 0 Å². The number of nitrogens with one attached hydrogen (secondary N) is 2. The molecule has 3 N–H and O–H groups in total. The third-order valence-electron chi connectivity index (χ3n) is 3.90. The quantitative estimate of drug-likeness (QED) is 0.747. The van der Waals surface area contributed by atoms with Crippen LogP contribution in [0.15, 0.2) is 24.3 Å². The largest absolute Gasteiger partial charge is 0.481 e. The zero-order chi connectivity index (χ0) is 14.6. The van der Waals surface area contributed by atoms with Gasteiger partial charge in [0.25, 0.3) is 0 Å². The first-order chi connectivity index (χ1) is 9.53. The topological polar surface area (TPSA) is 78.4 Å². The van der Waals surface area contributed by atoms with Crippen LogP contribution < -0.4 is 10.6 Å². The van der Waals surface area contributed by atoms with E-state index < -0.39 is 5.97 Å². The molecule has 1 aromatic carbocycles. The van der Waals surface area contributed by atoms with Crippen LogP contribution in [-0.2, 0) is 11.2 Å². The molecule has 1 saturated carbocycles. The van der Waals surface area contributed by atoms with E-state index in [-0.39, 0.29) is 12.5 Å². The van der Waals surface area contributed by atoms with Crippen LogP contribution in [0.2, 0.25) is 0 Å². The van der Waals surface area contributed by atoms with Gasteiger partial charge in [-0.3, -0.25) is 4.79 Å². The van der Waals surface area contributed by atoms with Gasteiger partial charge in [-0.2, -0.15) is 0 Å². The molecule has 0 aliphatic heterocycles. The number of anilines is 1. The van der Waals surface area contributed by atoms with Gasteiger partial charge in [0.05, 0.1) is 6.42 Å². The molecule has 1 aliphatic rings. The Kier molecular flexibility index (Phi) is 4.27. The molecule has 5 nitrogen and oxygen atoms in total. The van der Waals surface area contributed by atoms with Crippen molar-refractivity contribution in [2.24, 2.45) is 5.41 Å². The SMILES string of the molecule is CCC1(CNC(=O)Nc2ccc(CC(=O)O)cc2)CC1. The summed E-state index contributed by atoms with van der Waals surface area (Å²) in [5.41, 5.74) is 1.70. The van der Waals surface area contributed by atoms with Gasteiger partial charge in [-0.05, 0) is 42.4 Å². The molecule has 5 heteroatoms. The molecule has 0 spiro atoms. The molecule has 0 atom stereocenters. The van der Waals surface area contributed by atoms with Gasteiger partial charge in [-0.15, -0.1) is 0 Å². The average Bonchev–Trinajstić information content (AvgIpc) is 3.19. The van der Waals surface area contributed by atoms with Crippen molar-refractivity contribution in [2.45, 2.75) is 32.6 Å². The maximum absolute atomic E-state index is 11.7. The summed E-state index contributed by atoms with van der Waals surface area (Å²) < 4.78 is 0. The van der Waals surface area contributed by atoms with Crippen LogP contribution in [0.25, 0.3) is 0 Å². The van der Waals surface area contributed by atoms with Gasteiger partial charge in [0.15, 0.2) is 0 Å². The van der Waals surface area contributed by atoms with Gasteiger partial charge < -0.3 is 15.7 Å². The lowest BCUT2D eigenvalue weighted by atomic mass is 10.0. The highest BCUT2D eigenvalue weighted by Crippen LogP contribution is 2.47. The zero-order valence-corrected chi connectivity index (χ0v) is 11.6. The second-order valence-corrected chi connectivity index (χ2v) is 5.43. The molecule has 0 saturated heterocycles. The van der Waals surface area contributed by atoms with Crippen LogP contribution in [-0.4, -0.2) is 23.7 Å². The van der Waals surface area contributed by atoms with Crippen molar-refractivity contribution in [3.63, 3.8) is 0 Å². The molecule has 0 heterocycles. The number of carboxylic acids is 1. The highest BCUT2D eigenvalue weighted by Gasteiger charge is 2.40. The first-order valence-corrected chi connectivity index (χ1v) is 6.89. The van der Waals surface area contributed by atoms with Crippen molar-refractivity contribution in [1.82, 2.24) is 5.32 Å². The molecule has 2 rings (SSSR count). The van der Waals surface area contributed by atoms with Crippen LogP contribution in [0.3, 0.4) is 0 Å². The Balaban J connectivity index is 1.80. The molecule has 1 aromatic rings. The minimum absolute atomic E-state index is 0.00844. The molecular weight excluding hydrogens is 256 g/mol. The highest BCUT2D eigenvalue weighted by molar-refractivity contribution is 5.89. The Hall–Kier alpha value is -2.04. The Morgan fingerprint density at radius 1 is 1.25 bits per heavy atom. The Labute approximate surface area is 118 Å². The lowest BCUT2D eigenvalue weighted by Gasteiger charge is -2.14. The van der Waals surface area contributed by atoms with Gasteiger partial charge in [0, 0.05) is 12.2 Å². The van der Waals surface area contributed by atoms with E-state index in [1.54, 1.807) is 24.3 Å². The number of amides is 2. The van der Waals surface area contributed by atoms with Crippen LogP contribution in [0.5, 0.6) is 0 Å². The first kappa shape index (κ1) is 14.4. The average molecular weight is 276 g/mol. The molecule has 0 aromatic heterocycles. The fourth-order valence-corrected chi connectivity index (χ4v) is 2.16. The predicted molar refractivity (Wildman–Crippen MR) is 76.8 cm³/mol. The standard InChI is InChI=1S/C15H20N2O3/c1-2-15(7-8-15)10-16-14(20)17-12-5-3-11(4-6-12)9-13(18)19/h3-6H,2,7-10H2,1H3,(H,18,19)(H2,16,17,20). The van der Waals surface area contributed by atoms with Crippen molar-refractivity contribution < 1.29 is 14.7 Å². The van der Waals surface area contributed by atoms with E-state index in [4.69, 9.17) is 5.11 Å². The normalized spacial score (nSPS) is 15.4. The fraction of sp³-hybridized carbons (Fsp3) is 0.467. The number of carbonyl (C=O) groups is 2. The Bertz CT molecular complexity index is 492. The summed E-state index contributed by atoms with van der Waals surface area (Å²) in [5, 5.41) is 14.3. The number of benzene rings is 1. The number of rotatable bonds is 6. The molecule has 0 radical (unpaired) electrons. The van der Waals surface area contributed by atoms with Crippen molar-refractivity contribution in [3.8, 4) is 0 Å². The summed E-state index contributed by atoms with van der Waals surface area (Å²) in [6.45, 7) is 2.86. The molecule has 0 bridgehead atoms. The van der Waals surface area contributed by atoms with Gasteiger partial charge >= 0.3 is 12.0 Å². The fourth-order valence-electron chi connectivity index (χ4n) is 2.16. The molecule has 0 unspecified atom stereocenters. The van der Waals surface area contributed by atoms with Crippen molar-refractivity contribution >= 4 is 17.7 Å². The van der Waals surface area contributed by atoms with E-state index in [0.717, 1.165) is 6.42 Å². The van der Waals surface area contributed by atoms with Crippen LogP contribution in [0, 0.1) is 5.41 Å². The van der Waals surface area contributed by atoms with E-state index in [1.807, 2.05) is 0 Å². The minimum atomic E-state index is -0.863.